The number of carbonyl (C=O) groups is 2. The molecule has 1 saturated heterocycles. The molecular formula is C32H38F3N5O3. The first kappa shape index (κ1) is 32.0. The SMILES string of the molecule is CCN1CCN(Cc2ccc(NC(=O)COc3ccc(-c4ccc(NC)nc4)cc3)cc2C(F)(F)F)CC1.O=CC1CC1. The van der Waals surface area contributed by atoms with E-state index in [0.717, 1.165) is 74.9 Å². The van der Waals surface area contributed by atoms with Crippen LogP contribution in [0.2, 0.25) is 0 Å². The molecule has 0 radical (unpaired) electrons. The molecule has 2 aliphatic rings. The highest BCUT2D eigenvalue weighted by atomic mass is 19.4. The van der Waals surface area contributed by atoms with Crippen LogP contribution in [0.15, 0.2) is 60.8 Å². The van der Waals surface area contributed by atoms with Crippen molar-refractivity contribution in [3.8, 4) is 16.9 Å². The quantitative estimate of drug-likeness (QED) is 0.296. The van der Waals surface area contributed by atoms with Crippen molar-refractivity contribution >= 4 is 23.7 Å². The standard InChI is InChI=1S/C28H32F3N5O2.C4H6O/c1-3-35-12-14-36(15-13-35)18-22-4-8-23(16-25(22)28(29,30)31)34-27(37)19-38-24-9-5-20(6-10-24)21-7-11-26(32-2)33-17-21;5-3-4-1-2-4/h4-11,16-17H,3,12-15,18-19H2,1-2H3,(H,32,33)(H,34,37);3-4H,1-2H2. The van der Waals surface area contributed by atoms with Crippen LogP contribution >= 0.6 is 0 Å². The number of rotatable bonds is 10. The highest BCUT2D eigenvalue weighted by Crippen LogP contribution is 2.34. The summed E-state index contributed by atoms with van der Waals surface area (Å²) in [7, 11) is 1.80. The number of anilines is 2. The summed E-state index contributed by atoms with van der Waals surface area (Å²) in [4.78, 5) is 30.6. The molecule has 2 aromatic carbocycles. The molecule has 43 heavy (non-hydrogen) atoms. The lowest BCUT2D eigenvalue weighted by Gasteiger charge is -2.34. The van der Waals surface area contributed by atoms with Crippen LogP contribution in [-0.2, 0) is 22.3 Å². The van der Waals surface area contributed by atoms with Crippen LogP contribution in [0.4, 0.5) is 24.7 Å². The maximum absolute atomic E-state index is 13.8. The molecule has 1 aliphatic heterocycles. The topological polar surface area (TPSA) is 86.8 Å². The molecule has 1 saturated carbocycles. The Hall–Kier alpha value is -3.96. The molecule has 3 aromatic rings. The van der Waals surface area contributed by atoms with E-state index in [1.54, 1.807) is 25.4 Å². The van der Waals surface area contributed by atoms with Gasteiger partial charge >= 0.3 is 6.18 Å². The number of piperazine rings is 1. The summed E-state index contributed by atoms with van der Waals surface area (Å²) in [5.74, 6) is 1.15. The summed E-state index contributed by atoms with van der Waals surface area (Å²) in [5.41, 5.74) is 1.41. The van der Waals surface area contributed by atoms with Gasteiger partial charge in [-0.15, -0.1) is 0 Å². The van der Waals surface area contributed by atoms with E-state index in [-0.39, 0.29) is 24.4 Å². The van der Waals surface area contributed by atoms with Gasteiger partial charge in [-0.05, 0) is 66.9 Å². The molecule has 2 N–H and O–H groups in total. The third kappa shape index (κ3) is 9.79. The van der Waals surface area contributed by atoms with Crippen LogP contribution in [0.1, 0.15) is 30.9 Å². The predicted molar refractivity (Wildman–Crippen MR) is 161 cm³/mol. The summed E-state index contributed by atoms with van der Waals surface area (Å²) < 4.78 is 47.0. The summed E-state index contributed by atoms with van der Waals surface area (Å²) >= 11 is 0. The van der Waals surface area contributed by atoms with E-state index in [9.17, 15) is 22.8 Å². The number of nitrogens with zero attached hydrogens (tertiary/aromatic N) is 3. The highest BCUT2D eigenvalue weighted by molar-refractivity contribution is 5.92. The molecule has 11 heteroatoms. The maximum Gasteiger partial charge on any atom is 0.416 e. The maximum atomic E-state index is 13.8. The minimum absolute atomic E-state index is 0.0818. The number of nitrogens with one attached hydrogen (secondary N) is 2. The number of benzene rings is 2. The first-order valence-corrected chi connectivity index (χ1v) is 14.5. The number of carbonyl (C=O) groups excluding carboxylic acids is 2. The fourth-order valence-corrected chi connectivity index (χ4v) is 4.59. The Balaban J connectivity index is 0.000000767. The van der Waals surface area contributed by atoms with E-state index in [1.165, 1.54) is 12.1 Å². The number of amides is 1. The van der Waals surface area contributed by atoms with Gasteiger partial charge in [-0.1, -0.05) is 25.1 Å². The Morgan fingerprint density at radius 2 is 1.67 bits per heavy atom. The average Bonchev–Trinajstić information content (AvgIpc) is 3.86. The summed E-state index contributed by atoms with van der Waals surface area (Å²) in [6.07, 6.45) is 0.539. The van der Waals surface area contributed by atoms with E-state index >= 15 is 0 Å². The van der Waals surface area contributed by atoms with Crippen LogP contribution in [-0.4, -0.2) is 73.4 Å². The van der Waals surface area contributed by atoms with Crippen LogP contribution in [0, 0.1) is 5.92 Å². The second-order valence-corrected chi connectivity index (χ2v) is 10.6. The number of aldehydes is 1. The van der Waals surface area contributed by atoms with Gasteiger partial charge in [-0.25, -0.2) is 4.98 Å². The minimum atomic E-state index is -4.53. The highest BCUT2D eigenvalue weighted by Gasteiger charge is 2.34. The molecule has 5 rings (SSSR count). The Bertz CT molecular complexity index is 1340. The van der Waals surface area contributed by atoms with Gasteiger partial charge < -0.3 is 25.1 Å². The zero-order valence-corrected chi connectivity index (χ0v) is 24.5. The van der Waals surface area contributed by atoms with Crippen LogP contribution < -0.4 is 15.4 Å². The van der Waals surface area contributed by atoms with Gasteiger partial charge in [0.25, 0.3) is 5.91 Å². The van der Waals surface area contributed by atoms with Gasteiger partial charge in [0.1, 0.15) is 17.9 Å². The lowest BCUT2D eigenvalue weighted by Crippen LogP contribution is -2.45. The molecule has 0 bridgehead atoms. The van der Waals surface area contributed by atoms with E-state index < -0.39 is 17.6 Å². The van der Waals surface area contributed by atoms with Crippen molar-refractivity contribution in [3.63, 3.8) is 0 Å². The van der Waals surface area contributed by atoms with E-state index in [1.807, 2.05) is 29.2 Å². The average molecular weight is 598 g/mol. The normalized spacial score (nSPS) is 15.7. The molecule has 1 aliphatic carbocycles. The molecule has 0 unspecified atom stereocenters. The molecule has 230 valence electrons. The zero-order chi connectivity index (χ0) is 30.8. The van der Waals surface area contributed by atoms with Crippen LogP contribution in [0.5, 0.6) is 5.75 Å². The number of aromatic nitrogens is 1. The monoisotopic (exact) mass is 597 g/mol. The third-order valence-electron chi connectivity index (χ3n) is 7.40. The Morgan fingerprint density at radius 3 is 2.21 bits per heavy atom. The van der Waals surface area contributed by atoms with Gasteiger partial charge in [0.05, 0.1) is 5.56 Å². The van der Waals surface area contributed by atoms with Gasteiger partial charge in [-0.3, -0.25) is 9.69 Å². The van der Waals surface area contributed by atoms with Gasteiger partial charge in [0, 0.05) is 63.1 Å². The summed E-state index contributed by atoms with van der Waals surface area (Å²) in [6, 6.07) is 14.9. The second-order valence-electron chi connectivity index (χ2n) is 10.6. The number of likely N-dealkylation sites (N-methyl/N-ethyl adjacent to an activating group) is 1. The number of ether oxygens (including phenoxy) is 1. The molecular weight excluding hydrogens is 559 g/mol. The summed E-state index contributed by atoms with van der Waals surface area (Å²) in [6.45, 7) is 6.04. The first-order chi connectivity index (χ1) is 20.7. The smallest absolute Gasteiger partial charge is 0.416 e. The minimum Gasteiger partial charge on any atom is -0.484 e. The lowest BCUT2D eigenvalue weighted by atomic mass is 10.0. The van der Waals surface area contributed by atoms with Crippen molar-refractivity contribution in [1.82, 2.24) is 14.8 Å². The van der Waals surface area contributed by atoms with E-state index in [0.29, 0.717) is 11.7 Å². The fraction of sp³-hybridized carbons (Fsp3) is 0.406. The van der Waals surface area contributed by atoms with Gasteiger partial charge in [0.15, 0.2) is 6.61 Å². The van der Waals surface area contributed by atoms with Crippen molar-refractivity contribution in [3.05, 3.63) is 71.9 Å². The molecule has 8 nitrogen and oxygen atoms in total. The molecule has 2 fully saturated rings. The molecule has 0 atom stereocenters. The zero-order valence-electron chi connectivity index (χ0n) is 24.5. The number of alkyl halides is 3. The number of halogens is 3. The third-order valence-corrected chi connectivity index (χ3v) is 7.40. The Labute approximate surface area is 250 Å². The van der Waals surface area contributed by atoms with Crippen molar-refractivity contribution < 1.29 is 27.5 Å². The largest absolute Gasteiger partial charge is 0.484 e. The predicted octanol–water partition coefficient (Wildman–Crippen LogP) is 5.56. The Morgan fingerprint density at radius 1 is 1.00 bits per heavy atom. The van der Waals surface area contributed by atoms with Crippen molar-refractivity contribution in [2.45, 2.75) is 32.5 Å². The van der Waals surface area contributed by atoms with E-state index in [4.69, 9.17) is 4.74 Å². The molecule has 1 aromatic heterocycles. The lowest BCUT2D eigenvalue weighted by molar-refractivity contribution is -0.138. The van der Waals surface area contributed by atoms with Crippen LogP contribution in [0.3, 0.4) is 0 Å². The molecule has 1 amide bonds. The summed E-state index contributed by atoms with van der Waals surface area (Å²) in [5, 5.41) is 5.48. The van der Waals surface area contributed by atoms with Crippen molar-refractivity contribution in [2.75, 3.05) is 57.0 Å². The van der Waals surface area contributed by atoms with Gasteiger partial charge in [0.2, 0.25) is 0 Å². The Kier molecular flexibility index (Phi) is 11.1. The van der Waals surface area contributed by atoms with E-state index in [2.05, 4.69) is 27.4 Å². The molecule has 2 heterocycles. The number of hydrogen-bond donors (Lipinski definition) is 2. The van der Waals surface area contributed by atoms with Crippen molar-refractivity contribution in [2.24, 2.45) is 5.92 Å². The van der Waals surface area contributed by atoms with Gasteiger partial charge in [-0.2, -0.15) is 13.2 Å². The van der Waals surface area contributed by atoms with Crippen molar-refractivity contribution in [1.29, 1.82) is 0 Å². The fourth-order valence-electron chi connectivity index (χ4n) is 4.59. The first-order valence-electron chi connectivity index (χ1n) is 14.5. The number of pyridine rings is 1. The number of hydrogen-bond acceptors (Lipinski definition) is 7. The van der Waals surface area contributed by atoms with Crippen LogP contribution in [0.25, 0.3) is 11.1 Å². The second kappa shape index (κ2) is 15.0. The molecule has 0 spiro atoms.